The fraction of sp³-hybridized carbons (Fsp3) is 0.246. The summed E-state index contributed by atoms with van der Waals surface area (Å²) in [6.45, 7) is 1.99. The second kappa shape index (κ2) is 23.7. The number of benzene rings is 5. The molecule has 5 heterocycles. The molecule has 2 saturated heterocycles. The summed E-state index contributed by atoms with van der Waals surface area (Å²) in [6.07, 6.45) is 1.45. The highest BCUT2D eigenvalue weighted by Crippen LogP contribution is 2.43. The van der Waals surface area contributed by atoms with Crippen molar-refractivity contribution in [2.24, 2.45) is 5.16 Å². The van der Waals surface area contributed by atoms with Gasteiger partial charge in [-0.25, -0.2) is 23.4 Å². The van der Waals surface area contributed by atoms with Crippen molar-refractivity contribution in [3.05, 3.63) is 193 Å². The van der Waals surface area contributed by atoms with Crippen LogP contribution in [0.3, 0.4) is 0 Å². The van der Waals surface area contributed by atoms with Gasteiger partial charge in [-0.2, -0.15) is 0 Å². The molecular formula is C57H50F2N6O10S4. The van der Waals surface area contributed by atoms with Gasteiger partial charge in [-0.05, 0) is 65.8 Å². The van der Waals surface area contributed by atoms with Gasteiger partial charge in [-0.1, -0.05) is 108 Å². The van der Waals surface area contributed by atoms with E-state index in [2.05, 4.69) is 15.8 Å². The van der Waals surface area contributed by atoms with Gasteiger partial charge in [0.2, 0.25) is 5.43 Å². The molecule has 22 heteroatoms. The number of thiazole rings is 1. The van der Waals surface area contributed by atoms with Crippen molar-refractivity contribution in [2.45, 2.75) is 47.5 Å². The van der Waals surface area contributed by atoms with Crippen LogP contribution in [0.15, 0.2) is 152 Å². The predicted octanol–water partition coefficient (Wildman–Crippen LogP) is 8.74. The number of ether oxygens (including phenoxy) is 3. The third-order valence-corrected chi connectivity index (χ3v) is 18.5. The van der Waals surface area contributed by atoms with E-state index in [1.54, 1.807) is 34.5 Å². The molecule has 0 radical (unpaired) electrons. The summed E-state index contributed by atoms with van der Waals surface area (Å²) in [5, 5.41) is 10.8. The Morgan fingerprint density at radius 1 is 0.873 bits per heavy atom. The van der Waals surface area contributed by atoms with Crippen molar-refractivity contribution in [1.82, 2.24) is 15.2 Å². The summed E-state index contributed by atoms with van der Waals surface area (Å²) in [7, 11) is 0.758. The van der Waals surface area contributed by atoms with Gasteiger partial charge in [-0.15, -0.1) is 34.4 Å². The minimum atomic E-state index is -2.00. The first-order valence-electron chi connectivity index (χ1n) is 24.9. The average Bonchev–Trinajstić information content (AvgIpc) is 4.11. The van der Waals surface area contributed by atoms with E-state index >= 15 is 8.78 Å². The van der Waals surface area contributed by atoms with E-state index in [0.717, 1.165) is 63.6 Å². The van der Waals surface area contributed by atoms with E-state index in [4.69, 9.17) is 24.0 Å². The van der Waals surface area contributed by atoms with E-state index in [0.29, 0.717) is 29.5 Å². The molecule has 7 aromatic rings. The molecule has 2 fully saturated rings. The number of nitrogens with one attached hydrogen (secondary N) is 2. The van der Waals surface area contributed by atoms with Crippen molar-refractivity contribution < 1.29 is 51.2 Å². The summed E-state index contributed by atoms with van der Waals surface area (Å²) in [6, 6.07) is 35.8. The van der Waals surface area contributed by atoms with Crippen LogP contribution in [0.25, 0.3) is 10.1 Å². The van der Waals surface area contributed by atoms with E-state index in [1.807, 2.05) is 91.0 Å². The standard InChI is InChI=1S/C57H50F2N6O10S4/c1-4-74-53(69)42-48(66)39-28-40(58)47(64-26-14-15-27-64)43(59)49(39)78-55(42)76-30-34-32-79(71)52-45(51(68)65(52)46(34)54(70)75-29-33-22-24-38(72-2)25-23-33)61-50(67)44(63-73-3)41-31-77-56(60-41)62-57(35-16-8-5-9-17-35,36-18-10-6-11-19-36)37-20-12-7-13-21-37/h5-13,16-25,28,31,45,52H,4,14-15,26-27,29-30,32H2,1-3H3,(H,60,62)(H,61,67)/b63-44-/t45?,52-,79?/m1/s1. The van der Waals surface area contributed by atoms with E-state index < -0.39 is 74.1 Å². The molecule has 2 N–H and O–H groups in total. The van der Waals surface area contributed by atoms with Gasteiger partial charge in [0.1, 0.15) is 64.9 Å². The molecule has 5 aromatic carbocycles. The Kier molecular flexibility index (Phi) is 16.3. The Balaban J connectivity index is 0.955. The number of anilines is 2. The van der Waals surface area contributed by atoms with Crippen molar-refractivity contribution >= 4 is 95.6 Å². The molecule has 0 aliphatic carbocycles. The number of rotatable bonds is 19. The molecule has 2 aromatic heterocycles. The number of hydrogen-bond donors (Lipinski definition) is 2. The van der Waals surface area contributed by atoms with Crippen molar-refractivity contribution in [2.75, 3.05) is 55.6 Å². The molecule has 406 valence electrons. The van der Waals surface area contributed by atoms with Gasteiger partial charge in [0.25, 0.3) is 11.8 Å². The van der Waals surface area contributed by atoms with Crippen molar-refractivity contribution in [3.8, 4) is 5.75 Å². The monoisotopic (exact) mass is 1140 g/mol. The fourth-order valence-electron chi connectivity index (χ4n) is 9.87. The number of oxime groups is 1. The lowest BCUT2D eigenvalue weighted by Crippen LogP contribution is -2.74. The quantitative estimate of drug-likeness (QED) is 0.0195. The summed E-state index contributed by atoms with van der Waals surface area (Å²) in [5.74, 6) is -5.62. The molecule has 0 bridgehead atoms. The lowest BCUT2D eigenvalue weighted by molar-refractivity contribution is -0.153. The molecule has 16 nitrogen and oxygen atoms in total. The highest BCUT2D eigenvalue weighted by Gasteiger charge is 2.58. The van der Waals surface area contributed by atoms with Gasteiger partial charge in [-0.3, -0.25) is 23.5 Å². The highest BCUT2D eigenvalue weighted by molar-refractivity contribution is 8.01. The second-order valence-corrected chi connectivity index (χ2v) is 22.9. The second-order valence-electron chi connectivity index (χ2n) is 18.3. The van der Waals surface area contributed by atoms with Gasteiger partial charge in [0, 0.05) is 29.6 Å². The minimum Gasteiger partial charge on any atom is -0.497 e. The van der Waals surface area contributed by atoms with Crippen LogP contribution < -0.4 is 25.7 Å². The maximum Gasteiger partial charge on any atom is 0.355 e. The lowest BCUT2D eigenvalue weighted by Gasteiger charge is -2.49. The molecular weight excluding hydrogens is 1090 g/mol. The Morgan fingerprint density at radius 2 is 1.51 bits per heavy atom. The first-order valence-corrected chi connectivity index (χ1v) is 29.0. The Labute approximate surface area is 466 Å². The molecule has 2 amide bonds. The maximum absolute atomic E-state index is 16.5. The zero-order valence-corrected chi connectivity index (χ0v) is 46.0. The number of carbonyl (C=O) groups excluding carboxylic acids is 4. The van der Waals surface area contributed by atoms with E-state index in [-0.39, 0.29) is 67.4 Å². The van der Waals surface area contributed by atoms with E-state index in [9.17, 15) is 28.2 Å². The first kappa shape index (κ1) is 54.6. The largest absolute Gasteiger partial charge is 0.497 e. The number of thioether (sulfide) groups is 1. The van der Waals surface area contributed by atoms with Crippen molar-refractivity contribution in [1.29, 1.82) is 0 Å². The third-order valence-electron chi connectivity index (χ3n) is 13.6. The number of aromatic nitrogens is 1. The van der Waals surface area contributed by atoms with Gasteiger partial charge < -0.3 is 34.6 Å². The summed E-state index contributed by atoms with van der Waals surface area (Å²) < 4.78 is 62.6. The molecule has 3 aliphatic rings. The topological polar surface area (TPSA) is 195 Å². The zero-order valence-electron chi connectivity index (χ0n) is 42.7. The predicted molar refractivity (Wildman–Crippen MR) is 300 cm³/mol. The number of fused-ring (bicyclic) bond motifs is 2. The summed E-state index contributed by atoms with van der Waals surface area (Å²) in [5.41, 5.74) is 0.296. The Hall–Kier alpha value is -7.79. The van der Waals surface area contributed by atoms with Crippen molar-refractivity contribution in [3.63, 3.8) is 0 Å². The molecule has 0 spiro atoms. The SMILES string of the molecule is CCOC(=O)c1c(SCC2=C(C(=O)OCc3ccc(OC)cc3)N3C(=O)C(NC(=O)/C(=N\OC)c4csc(NC(c5ccccc5)(c5ccccc5)c5ccccc5)n4)[C@H]3S(=O)C2)sc2c(F)c(N3CCCC3)c(F)cc2c1=O. The lowest BCUT2D eigenvalue weighted by atomic mass is 9.77. The first-order chi connectivity index (χ1) is 38.4. The molecule has 3 atom stereocenters. The molecule has 3 aliphatic heterocycles. The zero-order chi connectivity index (χ0) is 55.4. The minimum absolute atomic E-state index is 0.0171. The number of carbonyl (C=O) groups is 4. The number of hydrogen-bond acceptors (Lipinski definition) is 17. The summed E-state index contributed by atoms with van der Waals surface area (Å²) >= 11 is 2.81. The van der Waals surface area contributed by atoms with Crippen LogP contribution in [-0.4, -0.2) is 100 Å². The van der Waals surface area contributed by atoms with Crippen LogP contribution in [0.4, 0.5) is 19.6 Å². The number of esters is 2. The Morgan fingerprint density at radius 3 is 2.10 bits per heavy atom. The fourth-order valence-corrected chi connectivity index (χ4v) is 14.9. The Bertz CT molecular complexity index is 3520. The molecule has 79 heavy (non-hydrogen) atoms. The molecule has 10 rings (SSSR count). The van der Waals surface area contributed by atoms with Crippen LogP contribution in [0, 0.1) is 11.6 Å². The normalized spacial score (nSPS) is 17.3. The third kappa shape index (κ3) is 10.6. The number of halogens is 2. The van der Waals surface area contributed by atoms with Gasteiger partial charge in [0.15, 0.2) is 16.7 Å². The number of methoxy groups -OCH3 is 1. The van der Waals surface area contributed by atoms with E-state index in [1.165, 1.54) is 32.5 Å². The van der Waals surface area contributed by atoms with Crippen LogP contribution in [0.5, 0.6) is 5.75 Å². The maximum atomic E-state index is 16.5. The van der Waals surface area contributed by atoms with Crippen LogP contribution in [0.1, 0.15) is 58.1 Å². The summed E-state index contributed by atoms with van der Waals surface area (Å²) in [4.78, 5) is 83.5. The highest BCUT2D eigenvalue weighted by atomic mass is 32.2. The number of β-lactam (4-membered cyclic amide) rings is 1. The number of amides is 2. The van der Waals surface area contributed by atoms with Crippen LogP contribution in [-0.2, 0) is 51.6 Å². The average molecular weight is 1150 g/mol. The van der Waals surface area contributed by atoms with Crippen LogP contribution >= 0.6 is 34.4 Å². The van der Waals surface area contributed by atoms with Crippen LogP contribution in [0.2, 0.25) is 0 Å². The molecule has 2 unspecified atom stereocenters. The number of nitrogens with zero attached hydrogens (tertiary/aromatic N) is 4. The molecule has 0 saturated carbocycles. The smallest absolute Gasteiger partial charge is 0.355 e. The van der Waals surface area contributed by atoms with Gasteiger partial charge in [0.05, 0.1) is 39.2 Å². The van der Waals surface area contributed by atoms with Gasteiger partial charge >= 0.3 is 11.9 Å².